The van der Waals surface area contributed by atoms with Crippen LogP contribution in [0.15, 0.2) is 24.4 Å². The fourth-order valence-electron chi connectivity index (χ4n) is 3.06. The molecule has 0 aliphatic heterocycles. The Bertz CT molecular complexity index is 594. The Hall–Kier alpha value is -1.64. The monoisotopic (exact) mass is 259 g/mol. The SMILES string of the molecule is O=C(c1c[nH]c2cc(F)ccc12)C1CCCCCC1. The van der Waals surface area contributed by atoms with Crippen molar-refractivity contribution in [2.45, 2.75) is 38.5 Å². The molecule has 2 aromatic rings. The van der Waals surface area contributed by atoms with Crippen molar-refractivity contribution < 1.29 is 9.18 Å². The van der Waals surface area contributed by atoms with Crippen LogP contribution in [0.4, 0.5) is 4.39 Å². The smallest absolute Gasteiger partial charge is 0.168 e. The van der Waals surface area contributed by atoms with Crippen LogP contribution in [0.25, 0.3) is 10.9 Å². The van der Waals surface area contributed by atoms with Gasteiger partial charge in [-0.2, -0.15) is 0 Å². The third-order valence-corrected chi connectivity index (χ3v) is 4.14. The van der Waals surface area contributed by atoms with Gasteiger partial charge in [-0.25, -0.2) is 4.39 Å². The van der Waals surface area contributed by atoms with Crippen LogP contribution in [-0.2, 0) is 0 Å². The summed E-state index contributed by atoms with van der Waals surface area (Å²) in [5.41, 5.74) is 1.43. The molecule has 0 unspecified atom stereocenters. The van der Waals surface area contributed by atoms with Gasteiger partial charge in [-0.1, -0.05) is 25.7 Å². The zero-order valence-electron chi connectivity index (χ0n) is 10.9. The number of H-pyrrole nitrogens is 1. The Morgan fingerprint density at radius 3 is 2.63 bits per heavy atom. The molecule has 1 heterocycles. The lowest BCUT2D eigenvalue weighted by Gasteiger charge is -2.11. The number of benzene rings is 1. The van der Waals surface area contributed by atoms with Crippen LogP contribution in [0.1, 0.15) is 48.9 Å². The fourth-order valence-corrected chi connectivity index (χ4v) is 3.06. The Labute approximate surface area is 112 Å². The molecule has 1 aromatic heterocycles. The molecule has 1 N–H and O–H groups in total. The number of carbonyl (C=O) groups excluding carboxylic acids is 1. The number of rotatable bonds is 2. The highest BCUT2D eigenvalue weighted by molar-refractivity contribution is 6.08. The van der Waals surface area contributed by atoms with Crippen molar-refractivity contribution in [1.29, 1.82) is 0 Å². The van der Waals surface area contributed by atoms with E-state index in [-0.39, 0.29) is 17.5 Å². The first-order chi connectivity index (χ1) is 9.25. The molecule has 2 nitrogen and oxygen atoms in total. The van der Waals surface area contributed by atoms with Crippen molar-refractivity contribution in [2.24, 2.45) is 5.92 Å². The number of hydrogen-bond acceptors (Lipinski definition) is 1. The number of nitrogens with one attached hydrogen (secondary N) is 1. The summed E-state index contributed by atoms with van der Waals surface area (Å²) in [6.07, 6.45) is 8.49. The van der Waals surface area contributed by atoms with E-state index in [9.17, 15) is 9.18 Å². The Kier molecular flexibility index (Phi) is 3.36. The topological polar surface area (TPSA) is 32.9 Å². The van der Waals surface area contributed by atoms with Gasteiger partial charge in [0.1, 0.15) is 5.82 Å². The van der Waals surface area contributed by atoms with E-state index in [1.54, 1.807) is 12.3 Å². The third kappa shape index (κ3) is 2.42. The van der Waals surface area contributed by atoms with E-state index in [1.807, 2.05) is 0 Å². The normalized spacial score (nSPS) is 17.5. The van der Waals surface area contributed by atoms with Crippen LogP contribution in [-0.4, -0.2) is 10.8 Å². The minimum Gasteiger partial charge on any atom is -0.360 e. The summed E-state index contributed by atoms with van der Waals surface area (Å²) in [5.74, 6) is 0.0918. The molecule has 100 valence electrons. The largest absolute Gasteiger partial charge is 0.360 e. The Morgan fingerprint density at radius 2 is 1.89 bits per heavy atom. The number of hydrogen-bond donors (Lipinski definition) is 1. The van der Waals surface area contributed by atoms with Crippen LogP contribution in [0.5, 0.6) is 0 Å². The van der Waals surface area contributed by atoms with Gasteiger partial charge in [0, 0.05) is 28.6 Å². The lowest BCUT2D eigenvalue weighted by molar-refractivity contribution is 0.0909. The summed E-state index contributed by atoms with van der Waals surface area (Å²) in [7, 11) is 0. The molecule has 0 amide bonds. The van der Waals surface area contributed by atoms with Crippen LogP contribution >= 0.6 is 0 Å². The molecule has 1 aromatic carbocycles. The molecule has 1 aliphatic rings. The molecule has 3 heteroatoms. The van der Waals surface area contributed by atoms with Crippen molar-refractivity contribution in [3.8, 4) is 0 Å². The van der Waals surface area contributed by atoms with Gasteiger partial charge in [-0.15, -0.1) is 0 Å². The summed E-state index contributed by atoms with van der Waals surface area (Å²) >= 11 is 0. The van der Waals surface area contributed by atoms with E-state index in [4.69, 9.17) is 0 Å². The first-order valence-corrected chi connectivity index (χ1v) is 7.06. The maximum atomic E-state index is 13.2. The van der Waals surface area contributed by atoms with E-state index in [2.05, 4.69) is 4.98 Å². The fraction of sp³-hybridized carbons (Fsp3) is 0.438. The van der Waals surface area contributed by atoms with Gasteiger partial charge in [0.2, 0.25) is 0 Å². The maximum Gasteiger partial charge on any atom is 0.168 e. The minimum atomic E-state index is -0.275. The second kappa shape index (κ2) is 5.16. The molecule has 3 rings (SSSR count). The minimum absolute atomic E-state index is 0.145. The first kappa shape index (κ1) is 12.4. The second-order valence-corrected chi connectivity index (χ2v) is 5.44. The van der Waals surface area contributed by atoms with Gasteiger partial charge in [-0.3, -0.25) is 4.79 Å². The number of carbonyl (C=O) groups is 1. The summed E-state index contributed by atoms with van der Waals surface area (Å²) in [5, 5.41) is 0.843. The molecule has 1 aliphatic carbocycles. The van der Waals surface area contributed by atoms with Gasteiger partial charge in [0.05, 0.1) is 0 Å². The predicted octanol–water partition coefficient (Wildman–Crippen LogP) is 4.46. The van der Waals surface area contributed by atoms with Gasteiger partial charge in [0.15, 0.2) is 5.78 Å². The third-order valence-electron chi connectivity index (χ3n) is 4.14. The molecule has 0 atom stereocenters. The van der Waals surface area contributed by atoms with E-state index in [0.29, 0.717) is 5.52 Å². The number of fused-ring (bicyclic) bond motifs is 1. The Morgan fingerprint density at radius 1 is 1.16 bits per heavy atom. The lowest BCUT2D eigenvalue weighted by Crippen LogP contribution is -2.13. The van der Waals surface area contributed by atoms with Crippen LogP contribution in [0, 0.1) is 11.7 Å². The number of aromatic nitrogens is 1. The zero-order chi connectivity index (χ0) is 13.2. The second-order valence-electron chi connectivity index (χ2n) is 5.44. The molecule has 0 radical (unpaired) electrons. The number of Topliss-reactive ketones (excluding diaryl/α,β-unsaturated/α-hetero) is 1. The number of halogens is 1. The summed E-state index contributed by atoms with van der Waals surface area (Å²) in [6.45, 7) is 0. The van der Waals surface area contributed by atoms with Crippen LogP contribution in [0.2, 0.25) is 0 Å². The average molecular weight is 259 g/mol. The molecule has 0 bridgehead atoms. The van der Waals surface area contributed by atoms with Gasteiger partial charge < -0.3 is 4.98 Å². The molecule has 1 fully saturated rings. The summed E-state index contributed by atoms with van der Waals surface area (Å²) in [4.78, 5) is 15.6. The maximum absolute atomic E-state index is 13.2. The van der Waals surface area contributed by atoms with Crippen LogP contribution in [0.3, 0.4) is 0 Å². The van der Waals surface area contributed by atoms with Gasteiger partial charge in [0.25, 0.3) is 0 Å². The Balaban J connectivity index is 1.92. The van der Waals surface area contributed by atoms with E-state index < -0.39 is 0 Å². The zero-order valence-corrected chi connectivity index (χ0v) is 10.9. The molecule has 0 saturated heterocycles. The molecule has 19 heavy (non-hydrogen) atoms. The average Bonchev–Trinajstić information content (AvgIpc) is 2.64. The highest BCUT2D eigenvalue weighted by Crippen LogP contribution is 2.29. The van der Waals surface area contributed by atoms with Crippen molar-refractivity contribution >= 4 is 16.7 Å². The summed E-state index contributed by atoms with van der Waals surface area (Å²) < 4.78 is 13.2. The van der Waals surface area contributed by atoms with Crippen molar-refractivity contribution in [1.82, 2.24) is 4.98 Å². The highest BCUT2D eigenvalue weighted by Gasteiger charge is 2.23. The quantitative estimate of drug-likeness (QED) is 0.627. The highest BCUT2D eigenvalue weighted by atomic mass is 19.1. The number of ketones is 1. The molecule has 1 saturated carbocycles. The predicted molar refractivity (Wildman–Crippen MR) is 73.8 cm³/mol. The van der Waals surface area contributed by atoms with Crippen molar-refractivity contribution in [2.75, 3.05) is 0 Å². The van der Waals surface area contributed by atoms with Crippen molar-refractivity contribution in [3.63, 3.8) is 0 Å². The molecule has 0 spiro atoms. The van der Waals surface area contributed by atoms with Gasteiger partial charge in [-0.05, 0) is 31.0 Å². The van der Waals surface area contributed by atoms with E-state index in [1.165, 1.54) is 25.0 Å². The van der Waals surface area contributed by atoms with Crippen molar-refractivity contribution in [3.05, 3.63) is 35.8 Å². The van der Waals surface area contributed by atoms with Crippen LogP contribution < -0.4 is 0 Å². The van der Waals surface area contributed by atoms with Gasteiger partial charge >= 0.3 is 0 Å². The number of aromatic amines is 1. The summed E-state index contributed by atoms with van der Waals surface area (Å²) in [6, 6.07) is 4.56. The lowest BCUT2D eigenvalue weighted by atomic mass is 9.91. The van der Waals surface area contributed by atoms with E-state index in [0.717, 1.165) is 36.6 Å². The molecular formula is C16H18FNO. The first-order valence-electron chi connectivity index (χ1n) is 7.06. The standard InChI is InChI=1S/C16H18FNO/c17-12-7-8-13-14(10-18-15(13)9-12)16(19)11-5-3-1-2-4-6-11/h7-11,18H,1-6H2. The molecular weight excluding hydrogens is 241 g/mol. The van der Waals surface area contributed by atoms with E-state index >= 15 is 0 Å².